The molecule has 1 aliphatic rings. The molecule has 4 rings (SSSR count). The number of aromatic nitrogens is 1. The van der Waals surface area contributed by atoms with E-state index in [4.69, 9.17) is 9.47 Å². The number of likely N-dealkylation sites (N-methyl/N-ethyl adjacent to an activating group) is 1. The molecule has 7 heteroatoms. The summed E-state index contributed by atoms with van der Waals surface area (Å²) in [6.45, 7) is 6.15. The fourth-order valence-corrected chi connectivity index (χ4v) is 4.84. The molecule has 158 valence electrons. The van der Waals surface area contributed by atoms with Gasteiger partial charge in [0.2, 0.25) is 0 Å². The first-order valence-electron chi connectivity index (χ1n) is 10.4. The Morgan fingerprint density at radius 2 is 2.20 bits per heavy atom. The lowest BCUT2D eigenvalue weighted by Crippen LogP contribution is -3.08. The van der Waals surface area contributed by atoms with Gasteiger partial charge in [-0.05, 0) is 38.1 Å². The number of ether oxygens (including phenoxy) is 2. The number of benzene rings is 2. The van der Waals surface area contributed by atoms with Gasteiger partial charge in [-0.15, -0.1) is 11.3 Å². The van der Waals surface area contributed by atoms with Crippen LogP contribution in [0, 0.1) is 0 Å². The molecular weight excluding hydrogens is 398 g/mol. The predicted octanol–water partition coefficient (Wildman–Crippen LogP) is 2.35. The number of nitrogens with one attached hydrogen (secondary N) is 2. The lowest BCUT2D eigenvalue weighted by atomic mass is 10.1. The highest BCUT2D eigenvalue weighted by atomic mass is 32.1. The van der Waals surface area contributed by atoms with Gasteiger partial charge in [0.15, 0.2) is 6.54 Å². The summed E-state index contributed by atoms with van der Waals surface area (Å²) in [6, 6.07) is 12.2. The smallest absolute Gasteiger partial charge is 0.275 e. The molecule has 3 aromatic rings. The average molecular weight is 427 g/mol. The third-order valence-corrected chi connectivity index (χ3v) is 6.14. The summed E-state index contributed by atoms with van der Waals surface area (Å²) in [5.41, 5.74) is 3.13. The Bertz CT molecular complexity index is 1020. The van der Waals surface area contributed by atoms with Crippen molar-refractivity contribution in [1.29, 1.82) is 0 Å². The highest BCUT2D eigenvalue weighted by Gasteiger charge is 2.22. The van der Waals surface area contributed by atoms with Crippen LogP contribution in [0.25, 0.3) is 10.2 Å². The zero-order valence-corrected chi connectivity index (χ0v) is 18.5. The molecule has 0 spiro atoms. The molecular formula is C23H28N3O3S+. The van der Waals surface area contributed by atoms with Crippen molar-refractivity contribution in [1.82, 2.24) is 10.3 Å². The van der Waals surface area contributed by atoms with E-state index < -0.39 is 0 Å². The van der Waals surface area contributed by atoms with Gasteiger partial charge in [-0.1, -0.05) is 12.1 Å². The number of nitrogens with zero attached hydrogens (tertiary/aromatic N) is 1. The monoisotopic (exact) mass is 426 g/mol. The van der Waals surface area contributed by atoms with Gasteiger partial charge in [0.25, 0.3) is 5.91 Å². The van der Waals surface area contributed by atoms with Crippen LogP contribution in [0.2, 0.25) is 0 Å². The number of fused-ring (bicyclic) bond motifs is 2. The maximum Gasteiger partial charge on any atom is 0.275 e. The Morgan fingerprint density at radius 3 is 3.00 bits per heavy atom. The molecule has 0 radical (unpaired) electrons. The van der Waals surface area contributed by atoms with Gasteiger partial charge < -0.3 is 19.7 Å². The molecule has 1 unspecified atom stereocenters. The number of quaternary nitrogens is 1. The molecule has 0 aliphatic carbocycles. The van der Waals surface area contributed by atoms with Gasteiger partial charge in [0.1, 0.15) is 29.2 Å². The summed E-state index contributed by atoms with van der Waals surface area (Å²) in [5.74, 6) is 1.73. The van der Waals surface area contributed by atoms with Crippen LogP contribution in [-0.4, -0.2) is 37.2 Å². The van der Waals surface area contributed by atoms with Gasteiger partial charge in [0, 0.05) is 24.1 Å². The first-order valence-corrected chi connectivity index (χ1v) is 11.2. The van der Waals surface area contributed by atoms with Crippen LogP contribution in [0.5, 0.6) is 11.5 Å². The topological polar surface area (TPSA) is 64.9 Å². The fourth-order valence-electron chi connectivity index (χ4n) is 3.76. The summed E-state index contributed by atoms with van der Waals surface area (Å²) in [7, 11) is 2.02. The minimum Gasteiger partial charge on any atom is -0.494 e. The van der Waals surface area contributed by atoms with Gasteiger partial charge in [-0.3, -0.25) is 4.79 Å². The number of rotatable bonds is 8. The van der Waals surface area contributed by atoms with Crippen LogP contribution < -0.4 is 19.7 Å². The summed E-state index contributed by atoms with van der Waals surface area (Å²) in [6.07, 6.45) is 1.07. The first-order chi connectivity index (χ1) is 14.5. The molecule has 2 aromatic carbocycles. The van der Waals surface area contributed by atoms with Crippen LogP contribution in [0.4, 0.5) is 0 Å². The Hall–Kier alpha value is -2.64. The molecule has 1 aromatic heterocycles. The molecule has 2 N–H and O–H groups in total. The summed E-state index contributed by atoms with van der Waals surface area (Å²) >= 11 is 1.69. The van der Waals surface area contributed by atoms with Crippen LogP contribution in [-0.2, 0) is 24.3 Å². The second-order valence-corrected chi connectivity index (χ2v) is 8.91. The molecule has 2 heterocycles. The number of carbonyl (C=O) groups excluding carboxylic acids is 1. The van der Waals surface area contributed by atoms with E-state index in [0.29, 0.717) is 19.7 Å². The third-order valence-electron chi connectivity index (χ3n) is 5.11. The van der Waals surface area contributed by atoms with E-state index in [1.165, 1.54) is 10.3 Å². The molecule has 0 bridgehead atoms. The minimum atomic E-state index is 0.00541. The van der Waals surface area contributed by atoms with Crippen molar-refractivity contribution in [3.63, 3.8) is 0 Å². The van der Waals surface area contributed by atoms with E-state index in [2.05, 4.69) is 23.3 Å². The molecule has 1 amide bonds. The predicted molar refractivity (Wildman–Crippen MR) is 118 cm³/mol. The van der Waals surface area contributed by atoms with Crippen LogP contribution >= 0.6 is 11.3 Å². The van der Waals surface area contributed by atoms with Crippen molar-refractivity contribution in [2.75, 3.05) is 20.2 Å². The molecule has 0 fully saturated rings. The molecule has 0 saturated carbocycles. The average Bonchev–Trinajstić information content (AvgIpc) is 3.27. The van der Waals surface area contributed by atoms with E-state index in [1.54, 1.807) is 11.3 Å². The van der Waals surface area contributed by atoms with E-state index in [1.807, 2.05) is 44.3 Å². The largest absolute Gasteiger partial charge is 0.494 e. The Labute approximate surface area is 180 Å². The van der Waals surface area contributed by atoms with E-state index in [9.17, 15) is 4.79 Å². The molecule has 1 aliphatic heterocycles. The van der Waals surface area contributed by atoms with Crippen molar-refractivity contribution in [2.45, 2.75) is 39.5 Å². The highest BCUT2D eigenvalue weighted by molar-refractivity contribution is 7.18. The van der Waals surface area contributed by atoms with Crippen LogP contribution in [0.3, 0.4) is 0 Å². The number of hydrogen-bond acceptors (Lipinski definition) is 5. The molecule has 6 nitrogen and oxygen atoms in total. The third kappa shape index (κ3) is 4.74. The van der Waals surface area contributed by atoms with E-state index in [0.717, 1.165) is 45.5 Å². The van der Waals surface area contributed by atoms with Crippen molar-refractivity contribution in [3.05, 3.63) is 52.5 Å². The quantitative estimate of drug-likeness (QED) is 0.580. The van der Waals surface area contributed by atoms with Gasteiger partial charge in [0.05, 0.1) is 23.9 Å². The second kappa shape index (κ2) is 9.02. The first kappa shape index (κ1) is 20.6. The molecule has 2 atom stereocenters. The zero-order valence-electron chi connectivity index (χ0n) is 17.7. The van der Waals surface area contributed by atoms with Gasteiger partial charge in [-0.2, -0.15) is 0 Å². The number of amides is 1. The van der Waals surface area contributed by atoms with E-state index in [-0.39, 0.29) is 12.0 Å². The maximum absolute atomic E-state index is 12.5. The minimum absolute atomic E-state index is 0.00541. The molecule has 0 saturated heterocycles. The summed E-state index contributed by atoms with van der Waals surface area (Å²) < 4.78 is 12.8. The van der Waals surface area contributed by atoms with Crippen molar-refractivity contribution in [3.8, 4) is 11.5 Å². The number of hydrogen-bond donors (Lipinski definition) is 2. The second-order valence-electron chi connectivity index (χ2n) is 7.80. The Kier molecular flexibility index (Phi) is 6.20. The van der Waals surface area contributed by atoms with Crippen LogP contribution in [0.1, 0.15) is 30.0 Å². The Morgan fingerprint density at radius 1 is 1.37 bits per heavy atom. The fraction of sp³-hybridized carbons (Fsp3) is 0.391. The SMILES string of the molecule is CCOc1cc2c(cc1CNC(=O)C[NH+](C)Cc1nc3ccccc3s1)O[C@@H](C)C2. The zero-order chi connectivity index (χ0) is 21.1. The van der Waals surface area contributed by atoms with Gasteiger partial charge in [-0.25, -0.2) is 4.98 Å². The number of carbonyl (C=O) groups is 1. The number of para-hydroxylation sites is 1. The lowest BCUT2D eigenvalue weighted by Gasteiger charge is -2.15. The van der Waals surface area contributed by atoms with Crippen molar-refractivity contribution in [2.24, 2.45) is 0 Å². The van der Waals surface area contributed by atoms with E-state index >= 15 is 0 Å². The highest BCUT2D eigenvalue weighted by Crippen LogP contribution is 2.35. The van der Waals surface area contributed by atoms with Gasteiger partial charge >= 0.3 is 0 Å². The maximum atomic E-state index is 12.5. The van der Waals surface area contributed by atoms with Crippen LogP contribution in [0.15, 0.2) is 36.4 Å². The normalized spacial score (nSPS) is 16.2. The lowest BCUT2D eigenvalue weighted by molar-refractivity contribution is -0.885. The molecule has 30 heavy (non-hydrogen) atoms. The Balaban J connectivity index is 1.34. The summed E-state index contributed by atoms with van der Waals surface area (Å²) in [5, 5.41) is 4.08. The summed E-state index contributed by atoms with van der Waals surface area (Å²) in [4.78, 5) is 18.3. The standard InChI is InChI=1S/C23H27N3O3S/c1-4-28-19-10-16-9-15(2)29-20(16)11-17(19)12-24-22(27)13-26(3)14-23-25-18-7-5-6-8-21(18)30-23/h5-8,10-11,15H,4,9,12-14H2,1-3H3,(H,24,27)/p+1/t15-/m0/s1. The number of thiazole rings is 1. The van der Waals surface area contributed by atoms with Crippen molar-refractivity contribution >= 4 is 27.5 Å². The van der Waals surface area contributed by atoms with Crippen molar-refractivity contribution < 1.29 is 19.2 Å².